The van der Waals surface area contributed by atoms with Gasteiger partial charge in [-0.25, -0.2) is 4.79 Å². The van der Waals surface area contributed by atoms with E-state index in [1.807, 2.05) is 49.5 Å². The van der Waals surface area contributed by atoms with Crippen LogP contribution in [0.15, 0.2) is 42.6 Å². The highest BCUT2D eigenvalue weighted by Gasteiger charge is 2.19. The Bertz CT molecular complexity index is 849. The Balaban J connectivity index is 2.08. The zero-order valence-electron chi connectivity index (χ0n) is 13.9. The molecule has 0 aliphatic carbocycles. The van der Waals surface area contributed by atoms with Crippen molar-refractivity contribution in [3.63, 3.8) is 0 Å². The van der Waals surface area contributed by atoms with Crippen LogP contribution in [-0.4, -0.2) is 42.5 Å². The first-order valence-corrected chi connectivity index (χ1v) is 7.95. The van der Waals surface area contributed by atoms with Gasteiger partial charge in [0.05, 0.1) is 16.6 Å². The van der Waals surface area contributed by atoms with Crippen LogP contribution in [0.5, 0.6) is 0 Å². The smallest absolute Gasteiger partial charge is 0.341 e. The molecule has 0 saturated carbocycles. The van der Waals surface area contributed by atoms with Crippen molar-refractivity contribution in [2.75, 3.05) is 27.2 Å². The van der Waals surface area contributed by atoms with Crippen LogP contribution in [0.4, 0.5) is 0 Å². The van der Waals surface area contributed by atoms with Crippen LogP contribution in [0, 0.1) is 0 Å². The van der Waals surface area contributed by atoms with Gasteiger partial charge in [-0.3, -0.25) is 0 Å². The van der Waals surface area contributed by atoms with E-state index in [0.29, 0.717) is 12.2 Å². The van der Waals surface area contributed by atoms with Crippen LogP contribution >= 0.6 is 0 Å². The van der Waals surface area contributed by atoms with Crippen molar-refractivity contribution < 1.29 is 9.53 Å². The minimum Gasteiger partial charge on any atom is -0.461 e. The summed E-state index contributed by atoms with van der Waals surface area (Å²) in [7, 11) is 3.92. The number of fused-ring (bicyclic) bond motifs is 3. The summed E-state index contributed by atoms with van der Waals surface area (Å²) in [5.74, 6) is -0.255. The third-order valence-corrected chi connectivity index (χ3v) is 4.09. The second-order valence-electron chi connectivity index (χ2n) is 5.98. The van der Waals surface area contributed by atoms with Crippen molar-refractivity contribution in [2.45, 2.75) is 13.3 Å². The molecule has 23 heavy (non-hydrogen) atoms. The lowest BCUT2D eigenvalue weighted by atomic mass is 10.1. The van der Waals surface area contributed by atoms with Gasteiger partial charge in [-0.05, 0) is 44.3 Å². The number of likely N-dealkylation sites (N-methyl/N-ethyl adjacent to an activating group) is 1. The Morgan fingerprint density at radius 1 is 1.17 bits per heavy atom. The zero-order valence-corrected chi connectivity index (χ0v) is 13.9. The minimum absolute atomic E-state index is 0.255. The normalized spacial score (nSPS) is 11.5. The lowest BCUT2D eigenvalue weighted by Gasteiger charge is -2.09. The largest absolute Gasteiger partial charge is 0.461 e. The van der Waals surface area contributed by atoms with Gasteiger partial charge in [0.1, 0.15) is 6.61 Å². The molecule has 0 aliphatic rings. The van der Waals surface area contributed by atoms with Gasteiger partial charge < -0.3 is 14.0 Å². The van der Waals surface area contributed by atoms with E-state index in [4.69, 9.17) is 4.74 Å². The minimum atomic E-state index is -0.255. The van der Waals surface area contributed by atoms with Crippen molar-refractivity contribution in [3.8, 4) is 0 Å². The lowest BCUT2D eigenvalue weighted by Crippen LogP contribution is -2.20. The van der Waals surface area contributed by atoms with Crippen molar-refractivity contribution in [3.05, 3.63) is 53.7 Å². The number of aromatic nitrogens is 1. The summed E-state index contributed by atoms with van der Waals surface area (Å²) >= 11 is 0. The van der Waals surface area contributed by atoms with Crippen LogP contribution in [0.3, 0.4) is 0 Å². The second-order valence-corrected chi connectivity index (χ2v) is 5.98. The third kappa shape index (κ3) is 2.94. The topological polar surface area (TPSA) is 34.0 Å². The molecule has 0 N–H and O–H groups in total. The molecule has 0 bridgehead atoms. The molecule has 0 unspecified atom stereocenters. The van der Waals surface area contributed by atoms with Gasteiger partial charge in [0, 0.05) is 18.1 Å². The summed E-state index contributed by atoms with van der Waals surface area (Å²) in [4.78, 5) is 14.6. The van der Waals surface area contributed by atoms with Crippen molar-refractivity contribution in [2.24, 2.45) is 0 Å². The van der Waals surface area contributed by atoms with Gasteiger partial charge in [0.2, 0.25) is 0 Å². The summed E-state index contributed by atoms with van der Waals surface area (Å²) in [6.07, 6.45) is 2.96. The van der Waals surface area contributed by atoms with Crippen molar-refractivity contribution in [1.82, 2.24) is 9.30 Å². The molecule has 1 aromatic carbocycles. The first-order valence-electron chi connectivity index (χ1n) is 7.95. The number of esters is 1. The molecule has 4 heteroatoms. The monoisotopic (exact) mass is 310 g/mol. The van der Waals surface area contributed by atoms with Crippen molar-refractivity contribution in [1.29, 1.82) is 0 Å². The molecule has 2 heterocycles. The second kappa shape index (κ2) is 6.42. The Morgan fingerprint density at radius 3 is 2.74 bits per heavy atom. The predicted molar refractivity (Wildman–Crippen MR) is 93.1 cm³/mol. The maximum absolute atomic E-state index is 12.6. The molecule has 0 amide bonds. The summed E-state index contributed by atoms with van der Waals surface area (Å²) in [5.41, 5.74) is 3.86. The SMILES string of the molecule is CCc1ccc2c(C(=O)OCCN(C)C)c3ccccn3c2c1. The molecular weight excluding hydrogens is 288 g/mol. The number of ether oxygens (including phenoxy) is 1. The molecule has 0 saturated heterocycles. The van der Waals surface area contributed by atoms with Crippen LogP contribution in [0.2, 0.25) is 0 Å². The molecule has 2 aromatic heterocycles. The first kappa shape index (κ1) is 15.6. The van der Waals surface area contributed by atoms with E-state index in [-0.39, 0.29) is 5.97 Å². The summed E-state index contributed by atoms with van der Waals surface area (Å²) in [6, 6.07) is 12.2. The van der Waals surface area contributed by atoms with E-state index in [1.54, 1.807) is 0 Å². The van der Waals surface area contributed by atoms with Gasteiger partial charge >= 0.3 is 5.97 Å². The van der Waals surface area contributed by atoms with Gasteiger partial charge in [-0.15, -0.1) is 0 Å². The van der Waals surface area contributed by atoms with E-state index in [2.05, 4.69) is 23.5 Å². The van der Waals surface area contributed by atoms with E-state index in [0.717, 1.165) is 29.4 Å². The number of aryl methyl sites for hydroxylation is 1. The van der Waals surface area contributed by atoms with Crippen LogP contribution in [-0.2, 0) is 11.2 Å². The maximum atomic E-state index is 12.6. The molecule has 120 valence electrons. The fraction of sp³-hybridized carbons (Fsp3) is 0.316. The lowest BCUT2D eigenvalue weighted by molar-refractivity contribution is 0.0486. The quantitative estimate of drug-likeness (QED) is 0.678. The van der Waals surface area contributed by atoms with Gasteiger partial charge in [0.25, 0.3) is 0 Å². The molecule has 0 spiro atoms. The Hall–Kier alpha value is -2.33. The fourth-order valence-corrected chi connectivity index (χ4v) is 2.81. The summed E-state index contributed by atoms with van der Waals surface area (Å²) < 4.78 is 7.54. The molecule has 0 fully saturated rings. The molecule has 0 radical (unpaired) electrons. The zero-order chi connectivity index (χ0) is 16.4. The van der Waals surface area contributed by atoms with E-state index >= 15 is 0 Å². The molecule has 3 rings (SSSR count). The van der Waals surface area contributed by atoms with E-state index < -0.39 is 0 Å². The van der Waals surface area contributed by atoms with Gasteiger partial charge in [0.15, 0.2) is 0 Å². The van der Waals surface area contributed by atoms with Crippen LogP contribution in [0.25, 0.3) is 16.4 Å². The molecule has 4 nitrogen and oxygen atoms in total. The number of pyridine rings is 1. The average molecular weight is 310 g/mol. The first-order chi connectivity index (χ1) is 11.1. The third-order valence-electron chi connectivity index (χ3n) is 4.09. The number of nitrogens with zero attached hydrogens (tertiary/aromatic N) is 2. The number of hydrogen-bond acceptors (Lipinski definition) is 3. The Morgan fingerprint density at radius 2 is 2.00 bits per heavy atom. The molecule has 0 atom stereocenters. The highest BCUT2D eigenvalue weighted by molar-refractivity contribution is 6.11. The summed E-state index contributed by atoms with van der Waals surface area (Å²) in [5, 5.41) is 0.947. The standard InChI is InChI=1S/C19H22N2O2/c1-4-14-8-9-15-17(13-14)21-10-6-5-7-16(21)18(15)19(22)23-12-11-20(2)3/h5-10,13H,4,11-12H2,1-3H3. The van der Waals surface area contributed by atoms with Crippen LogP contribution in [0.1, 0.15) is 22.8 Å². The molecule has 0 aliphatic heterocycles. The number of benzene rings is 1. The van der Waals surface area contributed by atoms with Gasteiger partial charge in [-0.2, -0.15) is 0 Å². The average Bonchev–Trinajstić information content (AvgIpc) is 2.88. The molecular formula is C19H22N2O2. The molecule has 3 aromatic rings. The van der Waals surface area contributed by atoms with Crippen molar-refractivity contribution >= 4 is 22.4 Å². The predicted octanol–water partition coefficient (Wildman–Crippen LogP) is 3.37. The Kier molecular flexibility index (Phi) is 4.35. The van der Waals surface area contributed by atoms with E-state index in [1.165, 1.54) is 5.56 Å². The number of carbonyl (C=O) groups is 1. The van der Waals surface area contributed by atoms with Gasteiger partial charge in [-0.1, -0.05) is 25.1 Å². The fourth-order valence-electron chi connectivity index (χ4n) is 2.81. The number of hydrogen-bond donors (Lipinski definition) is 0. The van der Waals surface area contributed by atoms with E-state index in [9.17, 15) is 4.79 Å². The number of rotatable bonds is 5. The Labute approximate surface area is 136 Å². The highest BCUT2D eigenvalue weighted by Crippen LogP contribution is 2.28. The summed E-state index contributed by atoms with van der Waals surface area (Å²) in [6.45, 7) is 3.24. The van der Waals surface area contributed by atoms with Crippen LogP contribution < -0.4 is 0 Å². The highest BCUT2D eigenvalue weighted by atomic mass is 16.5. The number of carbonyl (C=O) groups excluding carboxylic acids is 1. The maximum Gasteiger partial charge on any atom is 0.341 e.